The molecule has 2 atom stereocenters. The Kier molecular flexibility index (Phi) is 5.63. The topological polar surface area (TPSA) is 78.4 Å². The van der Waals surface area contributed by atoms with Crippen LogP contribution in [0, 0.1) is 5.92 Å². The summed E-state index contributed by atoms with van der Waals surface area (Å²) < 4.78 is 0. The molecule has 1 aliphatic rings. The summed E-state index contributed by atoms with van der Waals surface area (Å²) in [4.78, 5) is 23.2. The fourth-order valence-electron chi connectivity index (χ4n) is 2.68. The molecule has 0 aromatic carbocycles. The van der Waals surface area contributed by atoms with Crippen molar-refractivity contribution in [2.45, 2.75) is 70.9 Å². The Bertz CT molecular complexity index is 325. The maximum atomic E-state index is 11.9. The number of nitrogens with one attached hydrogen (secondary N) is 2. The fourth-order valence-corrected chi connectivity index (χ4v) is 2.68. The van der Waals surface area contributed by atoms with Crippen LogP contribution < -0.4 is 10.6 Å². The van der Waals surface area contributed by atoms with Gasteiger partial charge in [-0.1, -0.05) is 33.1 Å². The molecule has 0 spiro atoms. The molecule has 0 aliphatic heterocycles. The number of carbonyl (C=O) groups is 2. The molecule has 0 radical (unpaired) electrons. The predicted octanol–water partition coefficient (Wildman–Crippen LogP) is 2.51. The van der Waals surface area contributed by atoms with Gasteiger partial charge in [-0.15, -0.1) is 0 Å². The number of carboxylic acids is 1. The van der Waals surface area contributed by atoms with E-state index in [0.717, 1.165) is 25.7 Å². The Hall–Kier alpha value is -1.26. The largest absolute Gasteiger partial charge is 0.480 e. The molecule has 5 heteroatoms. The van der Waals surface area contributed by atoms with Crippen LogP contribution in [0.15, 0.2) is 0 Å². The van der Waals surface area contributed by atoms with Gasteiger partial charge in [0.1, 0.15) is 5.54 Å². The van der Waals surface area contributed by atoms with Gasteiger partial charge in [-0.25, -0.2) is 9.59 Å². The molecule has 1 fully saturated rings. The summed E-state index contributed by atoms with van der Waals surface area (Å²) in [5, 5.41) is 14.8. The minimum Gasteiger partial charge on any atom is -0.480 e. The van der Waals surface area contributed by atoms with Crippen molar-refractivity contribution >= 4 is 12.0 Å². The second kappa shape index (κ2) is 6.78. The molecule has 0 saturated heterocycles. The Balaban J connectivity index is 2.47. The van der Waals surface area contributed by atoms with Crippen molar-refractivity contribution in [3.8, 4) is 0 Å². The second-order valence-corrected chi connectivity index (χ2v) is 5.84. The standard InChI is InChI=1S/C14H26N2O3/c1-4-10(2)9-11(3)15-13(19)16-14(12(17)18)7-5-6-8-14/h10-11H,4-9H2,1-3H3,(H,17,18)(H2,15,16,19). The molecule has 0 aromatic heterocycles. The number of urea groups is 1. The summed E-state index contributed by atoms with van der Waals surface area (Å²) in [5.41, 5.74) is -1.06. The van der Waals surface area contributed by atoms with E-state index in [9.17, 15) is 14.7 Å². The summed E-state index contributed by atoms with van der Waals surface area (Å²) in [6, 6.07) is -0.303. The fraction of sp³-hybridized carbons (Fsp3) is 0.857. The maximum absolute atomic E-state index is 11.9. The molecule has 19 heavy (non-hydrogen) atoms. The van der Waals surface area contributed by atoms with Crippen molar-refractivity contribution in [2.24, 2.45) is 5.92 Å². The van der Waals surface area contributed by atoms with Crippen LogP contribution in [0.1, 0.15) is 59.3 Å². The third-order valence-electron chi connectivity index (χ3n) is 4.05. The number of rotatable bonds is 6. The number of hydrogen-bond acceptors (Lipinski definition) is 2. The summed E-state index contributed by atoms with van der Waals surface area (Å²) in [5.74, 6) is -0.370. The number of amides is 2. The highest BCUT2D eigenvalue weighted by Gasteiger charge is 2.42. The van der Waals surface area contributed by atoms with E-state index in [0.29, 0.717) is 18.8 Å². The van der Waals surface area contributed by atoms with Gasteiger partial charge in [-0.05, 0) is 32.1 Å². The Morgan fingerprint density at radius 2 is 1.84 bits per heavy atom. The zero-order chi connectivity index (χ0) is 14.5. The van der Waals surface area contributed by atoms with E-state index in [1.165, 1.54) is 0 Å². The van der Waals surface area contributed by atoms with Gasteiger partial charge in [0, 0.05) is 6.04 Å². The lowest BCUT2D eigenvalue weighted by molar-refractivity contribution is -0.144. The van der Waals surface area contributed by atoms with Crippen LogP contribution in [0.4, 0.5) is 4.79 Å². The lowest BCUT2D eigenvalue weighted by Crippen LogP contribution is -2.56. The number of aliphatic carboxylic acids is 1. The molecule has 1 rings (SSSR count). The van der Waals surface area contributed by atoms with Crippen LogP contribution in [0.25, 0.3) is 0 Å². The van der Waals surface area contributed by atoms with Gasteiger partial charge >= 0.3 is 12.0 Å². The van der Waals surface area contributed by atoms with Gasteiger partial charge in [0.05, 0.1) is 0 Å². The first kappa shape index (κ1) is 15.8. The van der Waals surface area contributed by atoms with Crippen molar-refractivity contribution in [3.63, 3.8) is 0 Å². The van der Waals surface area contributed by atoms with E-state index >= 15 is 0 Å². The van der Waals surface area contributed by atoms with E-state index in [4.69, 9.17) is 0 Å². The molecule has 2 amide bonds. The van der Waals surface area contributed by atoms with Crippen molar-refractivity contribution in [1.82, 2.24) is 10.6 Å². The predicted molar refractivity (Wildman–Crippen MR) is 74.0 cm³/mol. The molecule has 1 aliphatic carbocycles. The highest BCUT2D eigenvalue weighted by Crippen LogP contribution is 2.29. The molecular weight excluding hydrogens is 244 g/mol. The van der Waals surface area contributed by atoms with Crippen molar-refractivity contribution < 1.29 is 14.7 Å². The van der Waals surface area contributed by atoms with Gasteiger partial charge in [0.2, 0.25) is 0 Å². The van der Waals surface area contributed by atoms with Gasteiger partial charge in [0.25, 0.3) is 0 Å². The first-order chi connectivity index (χ1) is 8.89. The molecular formula is C14H26N2O3. The Labute approximate surface area is 115 Å². The lowest BCUT2D eigenvalue weighted by atomic mass is 9.98. The normalized spacial score (nSPS) is 20.6. The maximum Gasteiger partial charge on any atom is 0.329 e. The minimum atomic E-state index is -1.06. The smallest absolute Gasteiger partial charge is 0.329 e. The van der Waals surface area contributed by atoms with Crippen molar-refractivity contribution in [3.05, 3.63) is 0 Å². The Morgan fingerprint density at radius 3 is 2.32 bits per heavy atom. The molecule has 3 N–H and O–H groups in total. The second-order valence-electron chi connectivity index (χ2n) is 5.84. The first-order valence-electron chi connectivity index (χ1n) is 7.21. The third kappa shape index (κ3) is 4.40. The van der Waals surface area contributed by atoms with Crippen LogP contribution in [-0.2, 0) is 4.79 Å². The number of carbonyl (C=O) groups excluding carboxylic acids is 1. The van der Waals surface area contributed by atoms with Crippen LogP contribution in [0.5, 0.6) is 0 Å². The van der Waals surface area contributed by atoms with Gasteiger partial charge in [-0.2, -0.15) is 0 Å². The summed E-state index contributed by atoms with van der Waals surface area (Å²) in [6.07, 6.45) is 4.74. The average Bonchev–Trinajstić information content (AvgIpc) is 2.78. The first-order valence-corrected chi connectivity index (χ1v) is 7.21. The number of hydrogen-bond donors (Lipinski definition) is 3. The average molecular weight is 270 g/mol. The summed E-state index contributed by atoms with van der Waals surface area (Å²) in [6.45, 7) is 6.22. The highest BCUT2D eigenvalue weighted by molar-refractivity contribution is 5.86. The van der Waals surface area contributed by atoms with Crippen LogP contribution >= 0.6 is 0 Å². The monoisotopic (exact) mass is 270 g/mol. The van der Waals surface area contributed by atoms with Crippen LogP contribution in [-0.4, -0.2) is 28.7 Å². The molecule has 5 nitrogen and oxygen atoms in total. The van der Waals surface area contributed by atoms with Crippen molar-refractivity contribution in [2.75, 3.05) is 0 Å². The van der Waals surface area contributed by atoms with E-state index in [-0.39, 0.29) is 12.1 Å². The summed E-state index contributed by atoms with van der Waals surface area (Å²) in [7, 11) is 0. The molecule has 0 aromatic rings. The summed E-state index contributed by atoms with van der Waals surface area (Å²) >= 11 is 0. The quantitative estimate of drug-likeness (QED) is 0.694. The Morgan fingerprint density at radius 1 is 1.26 bits per heavy atom. The molecule has 1 saturated carbocycles. The minimum absolute atomic E-state index is 0.0576. The van der Waals surface area contributed by atoms with Gasteiger partial charge in [-0.3, -0.25) is 0 Å². The number of carboxylic acid groups (broad SMARTS) is 1. The molecule has 0 heterocycles. The van der Waals surface area contributed by atoms with E-state index in [2.05, 4.69) is 24.5 Å². The third-order valence-corrected chi connectivity index (χ3v) is 4.05. The van der Waals surface area contributed by atoms with Gasteiger partial charge in [0.15, 0.2) is 0 Å². The van der Waals surface area contributed by atoms with Crippen molar-refractivity contribution in [1.29, 1.82) is 0 Å². The van der Waals surface area contributed by atoms with Crippen LogP contribution in [0.2, 0.25) is 0 Å². The highest BCUT2D eigenvalue weighted by atomic mass is 16.4. The van der Waals surface area contributed by atoms with Crippen LogP contribution in [0.3, 0.4) is 0 Å². The zero-order valence-corrected chi connectivity index (χ0v) is 12.2. The van der Waals surface area contributed by atoms with E-state index < -0.39 is 11.5 Å². The lowest BCUT2D eigenvalue weighted by Gasteiger charge is -2.27. The zero-order valence-electron chi connectivity index (χ0n) is 12.2. The molecule has 0 bridgehead atoms. The molecule has 2 unspecified atom stereocenters. The van der Waals surface area contributed by atoms with E-state index in [1.54, 1.807) is 0 Å². The van der Waals surface area contributed by atoms with Gasteiger partial charge < -0.3 is 15.7 Å². The molecule has 110 valence electrons. The van der Waals surface area contributed by atoms with E-state index in [1.807, 2.05) is 6.92 Å². The SMILES string of the molecule is CCC(C)CC(C)NC(=O)NC1(C(=O)O)CCCC1.